The number of hydrogen-bond donors (Lipinski definition) is 1. The third-order valence-electron chi connectivity index (χ3n) is 3.02. The van der Waals surface area contributed by atoms with E-state index >= 15 is 0 Å². The topological polar surface area (TPSA) is 66.6 Å². The second-order valence-electron chi connectivity index (χ2n) is 4.44. The maximum Gasteiger partial charge on any atom is 0.244 e. The molecule has 1 aliphatic rings. The van der Waals surface area contributed by atoms with Gasteiger partial charge in [0, 0.05) is 20.6 Å². The smallest absolute Gasteiger partial charge is 0.244 e. The molecular weight excluding hydrogens is 242 g/mol. The lowest BCUT2D eigenvalue weighted by molar-refractivity contribution is -0.143. The molecule has 17 heavy (non-hydrogen) atoms. The molecule has 1 saturated heterocycles. The number of carbonyl (C=O) groups is 2. The van der Waals surface area contributed by atoms with Crippen molar-refractivity contribution >= 4 is 24.2 Å². The van der Waals surface area contributed by atoms with Crippen molar-refractivity contribution < 1.29 is 9.59 Å². The Balaban J connectivity index is 0.00000256. The normalized spacial score (nSPS) is 20.7. The van der Waals surface area contributed by atoms with E-state index in [2.05, 4.69) is 0 Å². The molecule has 1 fully saturated rings. The van der Waals surface area contributed by atoms with Gasteiger partial charge in [-0.2, -0.15) is 0 Å². The summed E-state index contributed by atoms with van der Waals surface area (Å²) in [5.74, 6) is -0.102. The number of halogens is 1. The summed E-state index contributed by atoms with van der Waals surface area (Å²) < 4.78 is 0. The first-order valence-electron chi connectivity index (χ1n) is 5.76. The SMILES string of the molecule is CC[C@H](N)C(=O)N1CCCC1C(=O)N(C)C.Cl. The molecule has 1 heterocycles. The van der Waals surface area contributed by atoms with Crippen LogP contribution in [0, 0.1) is 0 Å². The van der Waals surface area contributed by atoms with Crippen LogP contribution in [0.25, 0.3) is 0 Å². The minimum atomic E-state index is -0.476. The molecule has 0 saturated carbocycles. The van der Waals surface area contributed by atoms with Gasteiger partial charge in [0.15, 0.2) is 0 Å². The molecule has 0 spiro atoms. The van der Waals surface area contributed by atoms with Gasteiger partial charge in [-0.1, -0.05) is 6.92 Å². The van der Waals surface area contributed by atoms with E-state index in [-0.39, 0.29) is 30.3 Å². The maximum absolute atomic E-state index is 11.9. The van der Waals surface area contributed by atoms with Crippen molar-refractivity contribution in [1.82, 2.24) is 9.80 Å². The standard InChI is InChI=1S/C11H21N3O2.ClH/c1-4-8(12)10(15)14-7-5-6-9(14)11(16)13(2)3;/h8-9H,4-7,12H2,1-3H3;1H/t8-,9?;/m0./s1. The Labute approximate surface area is 109 Å². The molecular formula is C11H22ClN3O2. The fraction of sp³-hybridized carbons (Fsp3) is 0.818. The Kier molecular flexibility index (Phi) is 6.49. The number of nitrogens with zero attached hydrogens (tertiary/aromatic N) is 2. The molecule has 0 aromatic carbocycles. The van der Waals surface area contributed by atoms with Gasteiger partial charge in [0.1, 0.15) is 6.04 Å². The van der Waals surface area contributed by atoms with Gasteiger partial charge in [-0.25, -0.2) is 0 Å². The van der Waals surface area contributed by atoms with Crippen molar-refractivity contribution in [3.8, 4) is 0 Å². The van der Waals surface area contributed by atoms with Crippen LogP contribution in [0.5, 0.6) is 0 Å². The van der Waals surface area contributed by atoms with Gasteiger partial charge in [0.05, 0.1) is 6.04 Å². The number of rotatable bonds is 3. The second-order valence-corrected chi connectivity index (χ2v) is 4.44. The average Bonchev–Trinajstić information content (AvgIpc) is 2.74. The van der Waals surface area contributed by atoms with Gasteiger partial charge in [0.25, 0.3) is 0 Å². The summed E-state index contributed by atoms with van der Waals surface area (Å²) in [6.07, 6.45) is 2.24. The van der Waals surface area contributed by atoms with Gasteiger partial charge in [-0.05, 0) is 19.3 Å². The zero-order chi connectivity index (χ0) is 12.3. The molecule has 0 aromatic rings. The molecule has 100 valence electrons. The van der Waals surface area contributed by atoms with Crippen LogP contribution < -0.4 is 5.73 Å². The van der Waals surface area contributed by atoms with Gasteiger partial charge < -0.3 is 15.5 Å². The number of carbonyl (C=O) groups excluding carboxylic acids is 2. The quantitative estimate of drug-likeness (QED) is 0.792. The summed E-state index contributed by atoms with van der Waals surface area (Å²) in [6.45, 7) is 2.53. The first-order valence-corrected chi connectivity index (χ1v) is 5.76. The molecule has 0 aliphatic carbocycles. The third kappa shape index (κ3) is 3.57. The monoisotopic (exact) mass is 263 g/mol. The van der Waals surface area contributed by atoms with E-state index in [0.717, 1.165) is 12.8 Å². The predicted octanol–water partition coefficient (Wildman–Crippen LogP) is 0.225. The first-order chi connectivity index (χ1) is 7.49. The summed E-state index contributed by atoms with van der Waals surface area (Å²) in [7, 11) is 3.42. The highest BCUT2D eigenvalue weighted by Gasteiger charge is 2.36. The van der Waals surface area contributed by atoms with Crippen molar-refractivity contribution in [1.29, 1.82) is 0 Å². The number of nitrogens with two attached hydrogens (primary N) is 1. The van der Waals surface area contributed by atoms with Gasteiger partial charge >= 0.3 is 0 Å². The largest absolute Gasteiger partial charge is 0.347 e. The van der Waals surface area contributed by atoms with E-state index in [9.17, 15) is 9.59 Å². The molecule has 5 nitrogen and oxygen atoms in total. The minimum absolute atomic E-state index is 0. The molecule has 0 aromatic heterocycles. The first kappa shape index (κ1) is 16.2. The number of likely N-dealkylation sites (N-methyl/N-ethyl adjacent to an activating group) is 1. The molecule has 2 atom stereocenters. The van der Waals surface area contributed by atoms with Gasteiger partial charge in [-0.15, -0.1) is 12.4 Å². The number of hydrogen-bond acceptors (Lipinski definition) is 3. The van der Waals surface area contributed by atoms with E-state index in [1.807, 2.05) is 6.92 Å². The lowest BCUT2D eigenvalue weighted by Crippen LogP contribution is -2.50. The molecule has 1 unspecified atom stereocenters. The van der Waals surface area contributed by atoms with Crippen molar-refractivity contribution in [2.24, 2.45) is 5.73 Å². The van der Waals surface area contributed by atoms with Gasteiger partial charge in [0.2, 0.25) is 11.8 Å². The molecule has 0 radical (unpaired) electrons. The average molecular weight is 264 g/mol. The summed E-state index contributed by atoms with van der Waals surface area (Å²) in [4.78, 5) is 27.0. The zero-order valence-corrected chi connectivity index (χ0v) is 11.5. The van der Waals surface area contributed by atoms with E-state index < -0.39 is 6.04 Å². The summed E-state index contributed by atoms with van der Waals surface area (Å²) in [5, 5.41) is 0. The van der Waals surface area contributed by atoms with E-state index in [1.54, 1.807) is 19.0 Å². The second kappa shape index (κ2) is 6.81. The predicted molar refractivity (Wildman–Crippen MR) is 68.9 cm³/mol. The third-order valence-corrected chi connectivity index (χ3v) is 3.02. The Morgan fingerprint density at radius 2 is 2.06 bits per heavy atom. The van der Waals surface area contributed by atoms with Gasteiger partial charge in [-0.3, -0.25) is 9.59 Å². The van der Waals surface area contributed by atoms with Crippen molar-refractivity contribution in [2.45, 2.75) is 38.3 Å². The van der Waals surface area contributed by atoms with E-state index in [0.29, 0.717) is 13.0 Å². The van der Waals surface area contributed by atoms with Crippen molar-refractivity contribution in [3.63, 3.8) is 0 Å². The van der Waals surface area contributed by atoms with Crippen LogP contribution in [0.3, 0.4) is 0 Å². The lowest BCUT2D eigenvalue weighted by atomic mass is 10.1. The molecule has 2 N–H and O–H groups in total. The summed E-state index contributed by atoms with van der Waals surface area (Å²) in [5.41, 5.74) is 5.72. The Morgan fingerprint density at radius 3 is 2.53 bits per heavy atom. The Bertz CT molecular complexity index is 284. The van der Waals surface area contributed by atoms with Crippen LogP contribution in [-0.4, -0.2) is 54.3 Å². The van der Waals surface area contributed by atoms with E-state index in [4.69, 9.17) is 5.73 Å². The highest BCUT2D eigenvalue weighted by Crippen LogP contribution is 2.19. The number of amides is 2. The van der Waals surface area contributed by atoms with Crippen LogP contribution >= 0.6 is 12.4 Å². The van der Waals surface area contributed by atoms with Crippen molar-refractivity contribution in [3.05, 3.63) is 0 Å². The molecule has 1 rings (SSSR count). The Hall–Kier alpha value is -0.810. The van der Waals surface area contributed by atoms with Crippen LogP contribution in [0.15, 0.2) is 0 Å². The summed E-state index contributed by atoms with van der Waals surface area (Å²) >= 11 is 0. The van der Waals surface area contributed by atoms with Crippen LogP contribution in [-0.2, 0) is 9.59 Å². The highest BCUT2D eigenvalue weighted by molar-refractivity contribution is 5.90. The summed E-state index contributed by atoms with van der Waals surface area (Å²) in [6, 6.07) is -0.782. The van der Waals surface area contributed by atoms with E-state index in [1.165, 1.54) is 4.90 Å². The fourth-order valence-corrected chi connectivity index (χ4v) is 1.97. The van der Waals surface area contributed by atoms with Crippen LogP contribution in [0.1, 0.15) is 26.2 Å². The molecule has 1 aliphatic heterocycles. The lowest BCUT2D eigenvalue weighted by Gasteiger charge is -2.28. The maximum atomic E-state index is 11.9. The number of likely N-dealkylation sites (tertiary alicyclic amines) is 1. The fourth-order valence-electron chi connectivity index (χ4n) is 1.97. The zero-order valence-electron chi connectivity index (χ0n) is 10.7. The van der Waals surface area contributed by atoms with Crippen molar-refractivity contribution in [2.75, 3.05) is 20.6 Å². The van der Waals surface area contributed by atoms with Crippen LogP contribution in [0.2, 0.25) is 0 Å². The minimum Gasteiger partial charge on any atom is -0.347 e. The molecule has 0 bridgehead atoms. The molecule has 2 amide bonds. The Morgan fingerprint density at radius 1 is 1.47 bits per heavy atom. The van der Waals surface area contributed by atoms with Crippen LogP contribution in [0.4, 0.5) is 0 Å². The highest BCUT2D eigenvalue weighted by atomic mass is 35.5. The molecule has 6 heteroatoms.